The third kappa shape index (κ3) is 1.64. The fourth-order valence-electron chi connectivity index (χ4n) is 2.59. The summed E-state index contributed by atoms with van der Waals surface area (Å²) in [6.45, 7) is 4.29. The Balaban J connectivity index is 1.59. The number of carbonyl (C=O) groups excluding carboxylic acids is 1. The van der Waals surface area contributed by atoms with Gasteiger partial charge in [0.15, 0.2) is 0 Å². The highest BCUT2D eigenvalue weighted by Crippen LogP contribution is 2.49. The zero-order valence-corrected chi connectivity index (χ0v) is 10.1. The average molecular weight is 237 g/mol. The van der Waals surface area contributed by atoms with E-state index in [1.54, 1.807) is 18.3 Å². The lowest BCUT2D eigenvalue weighted by atomic mass is 10.2. The second-order valence-electron chi connectivity index (χ2n) is 4.74. The Morgan fingerprint density at radius 1 is 1.81 bits per heavy atom. The molecule has 1 aliphatic heterocycles. The first-order valence-electron chi connectivity index (χ1n) is 5.58. The average Bonchev–Trinajstić information content (AvgIpc) is 2.73. The predicted octanol–water partition coefficient (Wildman–Crippen LogP) is 0.853. The molecule has 1 saturated carbocycles. The van der Waals surface area contributed by atoms with Gasteiger partial charge < -0.3 is 10.2 Å². The van der Waals surface area contributed by atoms with E-state index in [0.29, 0.717) is 5.92 Å². The highest BCUT2D eigenvalue weighted by Gasteiger charge is 2.60. The molecule has 1 N–H and O–H groups in total. The summed E-state index contributed by atoms with van der Waals surface area (Å²) in [5.41, 5.74) is 0.206. The molecule has 2 atom stereocenters. The standard InChI is InChI=1S/C11H15N3OS/c1-8(15)14-6-9-4-11(9,7-14)13-5-10-12-2-3-16-10/h2-3,9,13H,4-7H2,1H3. The summed E-state index contributed by atoms with van der Waals surface area (Å²) >= 11 is 1.68. The van der Waals surface area contributed by atoms with Gasteiger partial charge in [-0.15, -0.1) is 11.3 Å². The van der Waals surface area contributed by atoms with Crippen molar-refractivity contribution in [1.29, 1.82) is 0 Å². The van der Waals surface area contributed by atoms with Crippen molar-refractivity contribution in [2.24, 2.45) is 5.92 Å². The lowest BCUT2D eigenvalue weighted by Gasteiger charge is -2.19. The van der Waals surface area contributed by atoms with E-state index in [2.05, 4.69) is 10.3 Å². The van der Waals surface area contributed by atoms with Crippen LogP contribution in [0.3, 0.4) is 0 Å². The van der Waals surface area contributed by atoms with E-state index in [-0.39, 0.29) is 11.4 Å². The smallest absolute Gasteiger partial charge is 0.219 e. The molecular formula is C11H15N3OS. The van der Waals surface area contributed by atoms with Gasteiger partial charge in [0.1, 0.15) is 5.01 Å². The Labute approximate surface area is 98.7 Å². The number of hydrogen-bond acceptors (Lipinski definition) is 4. The molecule has 2 unspecified atom stereocenters. The van der Waals surface area contributed by atoms with Crippen LogP contribution in [-0.4, -0.2) is 34.4 Å². The van der Waals surface area contributed by atoms with Crippen molar-refractivity contribution < 1.29 is 4.79 Å². The predicted molar refractivity (Wildman–Crippen MR) is 62.0 cm³/mol. The first-order valence-corrected chi connectivity index (χ1v) is 6.46. The van der Waals surface area contributed by atoms with Gasteiger partial charge in [0, 0.05) is 43.7 Å². The summed E-state index contributed by atoms with van der Waals surface area (Å²) in [7, 11) is 0. The van der Waals surface area contributed by atoms with Crippen LogP contribution in [0.25, 0.3) is 0 Å². The highest BCUT2D eigenvalue weighted by atomic mass is 32.1. The molecule has 2 aliphatic rings. The number of amides is 1. The molecule has 1 saturated heterocycles. The minimum atomic E-state index is 0.197. The van der Waals surface area contributed by atoms with Crippen LogP contribution in [0.1, 0.15) is 18.4 Å². The molecule has 1 aromatic heterocycles. The van der Waals surface area contributed by atoms with Gasteiger partial charge in [-0.3, -0.25) is 4.79 Å². The fourth-order valence-corrected chi connectivity index (χ4v) is 3.15. The zero-order valence-electron chi connectivity index (χ0n) is 9.27. The van der Waals surface area contributed by atoms with Crippen molar-refractivity contribution in [2.75, 3.05) is 13.1 Å². The van der Waals surface area contributed by atoms with E-state index in [1.165, 1.54) is 6.42 Å². The summed E-state index contributed by atoms with van der Waals surface area (Å²) in [5, 5.41) is 6.70. The number of likely N-dealkylation sites (tertiary alicyclic amines) is 1. The Bertz CT molecular complexity index is 405. The van der Waals surface area contributed by atoms with Crippen molar-refractivity contribution in [3.63, 3.8) is 0 Å². The molecule has 2 heterocycles. The van der Waals surface area contributed by atoms with Gasteiger partial charge in [-0.2, -0.15) is 0 Å². The maximum absolute atomic E-state index is 11.3. The minimum Gasteiger partial charge on any atom is -0.341 e. The number of aromatic nitrogens is 1. The number of fused-ring (bicyclic) bond motifs is 1. The minimum absolute atomic E-state index is 0.197. The van der Waals surface area contributed by atoms with E-state index in [9.17, 15) is 4.79 Å². The summed E-state index contributed by atoms with van der Waals surface area (Å²) in [5.74, 6) is 0.860. The maximum Gasteiger partial charge on any atom is 0.219 e. The van der Waals surface area contributed by atoms with Gasteiger partial charge >= 0.3 is 0 Å². The molecular weight excluding hydrogens is 222 g/mol. The Kier molecular flexibility index (Phi) is 2.26. The SMILES string of the molecule is CC(=O)N1CC2CC2(NCc2nccs2)C1. The van der Waals surface area contributed by atoms with E-state index in [1.807, 2.05) is 16.5 Å². The molecule has 1 aromatic rings. The van der Waals surface area contributed by atoms with Crippen LogP contribution < -0.4 is 5.32 Å². The van der Waals surface area contributed by atoms with E-state index in [0.717, 1.165) is 24.6 Å². The maximum atomic E-state index is 11.3. The van der Waals surface area contributed by atoms with Crippen LogP contribution in [-0.2, 0) is 11.3 Å². The third-order valence-corrected chi connectivity index (χ3v) is 4.45. The Morgan fingerprint density at radius 3 is 3.31 bits per heavy atom. The molecule has 86 valence electrons. The van der Waals surface area contributed by atoms with Crippen LogP contribution in [0.15, 0.2) is 11.6 Å². The van der Waals surface area contributed by atoms with Gasteiger partial charge in [0.25, 0.3) is 0 Å². The lowest BCUT2D eigenvalue weighted by molar-refractivity contribution is -0.128. The first-order chi connectivity index (χ1) is 7.70. The third-order valence-electron chi connectivity index (χ3n) is 3.67. The molecule has 0 radical (unpaired) electrons. The monoisotopic (exact) mass is 237 g/mol. The number of carbonyl (C=O) groups is 1. The summed E-state index contributed by atoms with van der Waals surface area (Å²) < 4.78 is 0. The van der Waals surface area contributed by atoms with Crippen LogP contribution in [0.5, 0.6) is 0 Å². The Hall–Kier alpha value is -0.940. The van der Waals surface area contributed by atoms with Gasteiger partial charge in [-0.1, -0.05) is 0 Å². The lowest BCUT2D eigenvalue weighted by Crippen LogP contribution is -2.39. The van der Waals surface area contributed by atoms with Gasteiger partial charge in [-0.25, -0.2) is 4.98 Å². The van der Waals surface area contributed by atoms with Crippen LogP contribution in [0, 0.1) is 5.92 Å². The molecule has 3 rings (SSSR count). The largest absolute Gasteiger partial charge is 0.341 e. The molecule has 4 nitrogen and oxygen atoms in total. The number of piperidine rings is 1. The van der Waals surface area contributed by atoms with E-state index < -0.39 is 0 Å². The Morgan fingerprint density at radius 2 is 2.69 bits per heavy atom. The molecule has 0 spiro atoms. The summed E-state index contributed by atoms with van der Waals surface area (Å²) in [4.78, 5) is 17.5. The molecule has 0 aromatic carbocycles. The van der Waals surface area contributed by atoms with Gasteiger partial charge in [-0.05, 0) is 12.3 Å². The van der Waals surface area contributed by atoms with Crippen molar-refractivity contribution in [3.8, 4) is 0 Å². The summed E-state index contributed by atoms with van der Waals surface area (Å²) in [6.07, 6.45) is 3.04. The van der Waals surface area contributed by atoms with Crippen LogP contribution >= 0.6 is 11.3 Å². The zero-order chi connectivity index (χ0) is 11.2. The fraction of sp³-hybridized carbons (Fsp3) is 0.636. The number of rotatable bonds is 3. The second kappa shape index (κ2) is 3.53. The van der Waals surface area contributed by atoms with Crippen LogP contribution in [0.2, 0.25) is 0 Å². The van der Waals surface area contributed by atoms with E-state index >= 15 is 0 Å². The number of hydrogen-bond donors (Lipinski definition) is 1. The molecule has 0 bridgehead atoms. The van der Waals surface area contributed by atoms with Crippen LogP contribution in [0.4, 0.5) is 0 Å². The number of nitrogens with one attached hydrogen (secondary N) is 1. The molecule has 1 aliphatic carbocycles. The normalized spacial score (nSPS) is 31.6. The molecule has 1 amide bonds. The van der Waals surface area contributed by atoms with E-state index in [4.69, 9.17) is 0 Å². The molecule has 16 heavy (non-hydrogen) atoms. The molecule has 2 fully saturated rings. The number of thiazole rings is 1. The summed E-state index contributed by atoms with van der Waals surface area (Å²) in [6, 6.07) is 0. The highest BCUT2D eigenvalue weighted by molar-refractivity contribution is 7.09. The topological polar surface area (TPSA) is 45.2 Å². The van der Waals surface area contributed by atoms with Crippen molar-refractivity contribution >= 4 is 17.2 Å². The van der Waals surface area contributed by atoms with Gasteiger partial charge in [0.2, 0.25) is 5.91 Å². The second-order valence-corrected chi connectivity index (χ2v) is 5.72. The quantitative estimate of drug-likeness (QED) is 0.848. The first kappa shape index (κ1) is 10.2. The van der Waals surface area contributed by atoms with Crippen molar-refractivity contribution in [3.05, 3.63) is 16.6 Å². The molecule has 5 heteroatoms. The number of nitrogens with zero attached hydrogens (tertiary/aromatic N) is 2. The van der Waals surface area contributed by atoms with Crippen molar-refractivity contribution in [1.82, 2.24) is 15.2 Å². The van der Waals surface area contributed by atoms with Gasteiger partial charge in [0.05, 0.1) is 0 Å². The van der Waals surface area contributed by atoms with Crippen molar-refractivity contribution in [2.45, 2.75) is 25.4 Å².